The minimum absolute atomic E-state index is 0.109. The quantitative estimate of drug-likeness (QED) is 0.743. The Morgan fingerprint density at radius 3 is 2.29 bits per heavy atom. The largest absolute Gasteiger partial charge is 0.350 e. The van der Waals surface area contributed by atoms with Crippen molar-refractivity contribution in [2.45, 2.75) is 39.8 Å². The third-order valence-electron chi connectivity index (χ3n) is 5.55. The van der Waals surface area contributed by atoms with Gasteiger partial charge in [0.1, 0.15) is 5.54 Å². The molecule has 0 saturated carbocycles. The summed E-state index contributed by atoms with van der Waals surface area (Å²) in [6, 6.07) is 15.1. The van der Waals surface area contributed by atoms with E-state index in [4.69, 9.17) is 0 Å². The molecule has 1 fully saturated rings. The molecule has 0 unspecified atom stereocenters. The van der Waals surface area contributed by atoms with Crippen molar-refractivity contribution in [1.82, 2.24) is 9.62 Å². The first-order valence-electron chi connectivity index (χ1n) is 10.3. The maximum absolute atomic E-state index is 13.4. The number of aryl methyl sites for hydroxylation is 2. The molecule has 7 nitrogen and oxygen atoms in total. The Labute approximate surface area is 184 Å². The lowest BCUT2D eigenvalue weighted by molar-refractivity contribution is -0.133. The molecule has 1 N–H and O–H groups in total. The van der Waals surface area contributed by atoms with Crippen LogP contribution < -0.4 is 10.2 Å². The summed E-state index contributed by atoms with van der Waals surface area (Å²) in [5, 5.41) is 2.89. The fourth-order valence-corrected chi connectivity index (χ4v) is 5.12. The average Bonchev–Trinajstić information content (AvgIpc) is 2.71. The molecular formula is C23H29N3O4S. The Hall–Kier alpha value is -2.71. The molecule has 2 aromatic rings. The molecule has 1 aliphatic heterocycles. The first kappa shape index (κ1) is 23.0. The molecule has 1 atom stereocenters. The van der Waals surface area contributed by atoms with Crippen LogP contribution in [0.4, 0.5) is 5.69 Å². The van der Waals surface area contributed by atoms with E-state index in [1.54, 1.807) is 6.92 Å². The number of piperazine rings is 1. The summed E-state index contributed by atoms with van der Waals surface area (Å²) >= 11 is 0. The number of nitrogens with zero attached hydrogens (tertiary/aromatic N) is 2. The number of carbonyl (C=O) groups is 2. The molecule has 166 valence electrons. The van der Waals surface area contributed by atoms with Gasteiger partial charge < -0.3 is 5.32 Å². The van der Waals surface area contributed by atoms with Crippen LogP contribution >= 0.6 is 0 Å². The summed E-state index contributed by atoms with van der Waals surface area (Å²) in [6.07, 6.45) is 0. The summed E-state index contributed by atoms with van der Waals surface area (Å²) in [5.74, 6) is -0.962. The van der Waals surface area contributed by atoms with Gasteiger partial charge in [0.15, 0.2) is 0 Å². The monoisotopic (exact) mass is 443 g/mol. The second kappa shape index (κ2) is 8.80. The number of amides is 2. The molecule has 1 saturated heterocycles. The van der Waals surface area contributed by atoms with Crippen molar-refractivity contribution in [3.63, 3.8) is 0 Å². The Bertz CT molecular complexity index is 1070. The molecule has 1 heterocycles. The maximum atomic E-state index is 13.4. The normalized spacial score (nSPS) is 20.0. The smallest absolute Gasteiger partial charge is 0.247 e. The van der Waals surface area contributed by atoms with Gasteiger partial charge in [0.05, 0.1) is 12.3 Å². The van der Waals surface area contributed by atoms with Crippen molar-refractivity contribution < 1.29 is 18.0 Å². The number of benzene rings is 2. The molecule has 2 aromatic carbocycles. The number of sulfonamides is 1. The van der Waals surface area contributed by atoms with E-state index in [-0.39, 0.29) is 25.4 Å². The Kier molecular flexibility index (Phi) is 6.52. The van der Waals surface area contributed by atoms with Crippen molar-refractivity contribution in [3.05, 3.63) is 65.2 Å². The van der Waals surface area contributed by atoms with Crippen molar-refractivity contribution in [2.24, 2.45) is 0 Å². The van der Waals surface area contributed by atoms with Crippen LogP contribution in [0, 0.1) is 13.8 Å². The highest BCUT2D eigenvalue weighted by Gasteiger charge is 2.50. The predicted molar refractivity (Wildman–Crippen MR) is 121 cm³/mol. The van der Waals surface area contributed by atoms with Crippen molar-refractivity contribution in [1.29, 1.82) is 0 Å². The van der Waals surface area contributed by atoms with E-state index in [1.165, 1.54) is 11.8 Å². The molecule has 0 aliphatic carbocycles. The second-order valence-corrected chi connectivity index (χ2v) is 10.4. The lowest BCUT2D eigenvalue weighted by Crippen LogP contribution is -2.70. The predicted octanol–water partition coefficient (Wildman–Crippen LogP) is 2.38. The van der Waals surface area contributed by atoms with Crippen LogP contribution in [0.15, 0.2) is 48.5 Å². The molecule has 2 amide bonds. The second-order valence-electron chi connectivity index (χ2n) is 8.19. The molecule has 3 rings (SSSR count). The number of anilines is 1. The first-order chi connectivity index (χ1) is 14.6. The zero-order chi connectivity index (χ0) is 22.8. The van der Waals surface area contributed by atoms with Gasteiger partial charge in [-0.25, -0.2) is 8.42 Å². The Morgan fingerprint density at radius 2 is 1.71 bits per heavy atom. The summed E-state index contributed by atoms with van der Waals surface area (Å²) in [5.41, 5.74) is 2.02. The molecule has 0 radical (unpaired) electrons. The molecule has 0 aromatic heterocycles. The van der Waals surface area contributed by atoms with Crippen LogP contribution in [0.25, 0.3) is 0 Å². The Morgan fingerprint density at radius 1 is 1.10 bits per heavy atom. The fourth-order valence-electron chi connectivity index (χ4n) is 4.00. The number of nitrogens with one attached hydrogen (secondary N) is 1. The standard InChI is InChI=1S/C23H29N3O4S/c1-5-31(29,30)25-15-21(27)26(20-12-17(2)11-18(3)13-20)23(4,16-25)22(28)24-14-19-9-7-6-8-10-19/h6-13H,5,14-16H2,1-4H3,(H,24,28)/t23-/m1/s1. The van der Waals surface area contributed by atoms with E-state index in [2.05, 4.69) is 5.32 Å². The van der Waals surface area contributed by atoms with Crippen LogP contribution in [0.3, 0.4) is 0 Å². The molecule has 0 spiro atoms. The third-order valence-corrected chi connectivity index (χ3v) is 7.32. The van der Waals surface area contributed by atoms with Gasteiger partial charge in [0, 0.05) is 18.8 Å². The number of rotatable bonds is 6. The van der Waals surface area contributed by atoms with Gasteiger partial charge in [-0.15, -0.1) is 0 Å². The number of hydrogen-bond acceptors (Lipinski definition) is 4. The SMILES string of the molecule is CCS(=O)(=O)N1CC(=O)N(c2cc(C)cc(C)c2)[C@@](C)(C(=O)NCc2ccccc2)C1. The van der Waals surface area contributed by atoms with E-state index in [0.717, 1.165) is 21.0 Å². The van der Waals surface area contributed by atoms with Gasteiger partial charge in [-0.05, 0) is 56.5 Å². The van der Waals surface area contributed by atoms with Gasteiger partial charge in [0.25, 0.3) is 0 Å². The van der Waals surface area contributed by atoms with Gasteiger partial charge >= 0.3 is 0 Å². The van der Waals surface area contributed by atoms with E-state index in [9.17, 15) is 18.0 Å². The van der Waals surface area contributed by atoms with Gasteiger partial charge in [-0.2, -0.15) is 4.31 Å². The summed E-state index contributed by atoms with van der Waals surface area (Å²) in [4.78, 5) is 28.1. The zero-order valence-electron chi connectivity index (χ0n) is 18.4. The van der Waals surface area contributed by atoms with Gasteiger partial charge in [0.2, 0.25) is 21.8 Å². The number of hydrogen-bond donors (Lipinski definition) is 1. The summed E-state index contributed by atoms with van der Waals surface area (Å²) in [6.45, 7) is 6.89. The van der Waals surface area contributed by atoms with Crippen LogP contribution in [-0.2, 0) is 26.2 Å². The van der Waals surface area contributed by atoms with Crippen LogP contribution in [0.2, 0.25) is 0 Å². The average molecular weight is 444 g/mol. The van der Waals surface area contributed by atoms with E-state index < -0.39 is 27.4 Å². The van der Waals surface area contributed by atoms with E-state index in [0.29, 0.717) is 5.69 Å². The van der Waals surface area contributed by atoms with Gasteiger partial charge in [-0.1, -0.05) is 36.4 Å². The van der Waals surface area contributed by atoms with E-state index in [1.807, 2.05) is 62.4 Å². The highest BCUT2D eigenvalue weighted by Crippen LogP contribution is 2.32. The highest BCUT2D eigenvalue weighted by molar-refractivity contribution is 7.89. The minimum atomic E-state index is -3.64. The summed E-state index contributed by atoms with van der Waals surface area (Å²) in [7, 11) is -3.64. The lowest BCUT2D eigenvalue weighted by Gasteiger charge is -2.46. The van der Waals surface area contributed by atoms with Crippen molar-refractivity contribution >= 4 is 27.5 Å². The molecule has 0 bridgehead atoms. The third kappa shape index (κ3) is 4.80. The van der Waals surface area contributed by atoms with Gasteiger partial charge in [-0.3, -0.25) is 14.5 Å². The first-order valence-corrected chi connectivity index (χ1v) is 11.9. The molecular weight excluding hydrogens is 414 g/mol. The molecule has 31 heavy (non-hydrogen) atoms. The van der Waals surface area contributed by atoms with E-state index >= 15 is 0 Å². The lowest BCUT2D eigenvalue weighted by atomic mass is 9.93. The molecule has 1 aliphatic rings. The van der Waals surface area contributed by atoms with Crippen molar-refractivity contribution in [2.75, 3.05) is 23.7 Å². The highest BCUT2D eigenvalue weighted by atomic mass is 32.2. The zero-order valence-corrected chi connectivity index (χ0v) is 19.2. The van der Waals surface area contributed by atoms with Crippen LogP contribution in [-0.4, -0.2) is 48.9 Å². The van der Waals surface area contributed by atoms with Crippen molar-refractivity contribution in [3.8, 4) is 0 Å². The molecule has 8 heteroatoms. The fraction of sp³-hybridized carbons (Fsp3) is 0.391. The minimum Gasteiger partial charge on any atom is -0.350 e. The Balaban J connectivity index is 2.00. The van der Waals surface area contributed by atoms with Crippen LogP contribution in [0.1, 0.15) is 30.5 Å². The van der Waals surface area contributed by atoms with Crippen LogP contribution in [0.5, 0.6) is 0 Å². The topological polar surface area (TPSA) is 86.8 Å². The summed E-state index contributed by atoms with van der Waals surface area (Å²) < 4.78 is 26.3. The number of carbonyl (C=O) groups excluding carboxylic acids is 2. The maximum Gasteiger partial charge on any atom is 0.247 e.